The molecule has 0 unspecified atom stereocenters. The molecule has 1 amide bonds. The minimum atomic E-state index is -0.248. The van der Waals surface area contributed by atoms with Gasteiger partial charge in [-0.2, -0.15) is 0 Å². The average Bonchev–Trinajstić information content (AvgIpc) is 3.47. The van der Waals surface area contributed by atoms with Crippen molar-refractivity contribution in [1.29, 1.82) is 0 Å². The van der Waals surface area contributed by atoms with Gasteiger partial charge in [0.05, 0.1) is 22.6 Å². The third-order valence-electron chi connectivity index (χ3n) is 6.06. The summed E-state index contributed by atoms with van der Waals surface area (Å²) in [5.74, 6) is 0.224. The summed E-state index contributed by atoms with van der Waals surface area (Å²) in [6, 6.07) is 14.9. The molecule has 4 heterocycles. The van der Waals surface area contributed by atoms with Gasteiger partial charge in [-0.1, -0.05) is 60.4 Å². The number of rotatable bonds is 6. The molecular formula is C25H24N4O3S2. The van der Waals surface area contributed by atoms with Gasteiger partial charge in [0, 0.05) is 19.3 Å². The molecule has 2 atom stereocenters. The van der Waals surface area contributed by atoms with Crippen molar-refractivity contribution < 1.29 is 9.53 Å². The van der Waals surface area contributed by atoms with Gasteiger partial charge in [0.1, 0.15) is 15.8 Å². The van der Waals surface area contributed by atoms with E-state index in [1.807, 2.05) is 43.3 Å². The third kappa shape index (κ3) is 4.38. The first kappa shape index (κ1) is 22.8. The van der Waals surface area contributed by atoms with Crippen molar-refractivity contribution >= 4 is 51.7 Å². The molecule has 0 bridgehead atoms. The molecule has 1 aromatic carbocycles. The number of pyridine rings is 1. The van der Waals surface area contributed by atoms with E-state index in [-0.39, 0.29) is 23.6 Å². The first-order chi connectivity index (χ1) is 16.5. The molecule has 2 aromatic heterocycles. The molecule has 3 aromatic rings. The van der Waals surface area contributed by atoms with E-state index in [0.29, 0.717) is 32.8 Å². The Balaban J connectivity index is 1.51. The summed E-state index contributed by atoms with van der Waals surface area (Å²) in [6.45, 7) is 3.24. The summed E-state index contributed by atoms with van der Waals surface area (Å²) in [7, 11) is 0. The van der Waals surface area contributed by atoms with E-state index < -0.39 is 0 Å². The molecule has 0 aliphatic carbocycles. The summed E-state index contributed by atoms with van der Waals surface area (Å²) in [4.78, 5) is 33.4. The highest BCUT2D eigenvalue weighted by Gasteiger charge is 2.36. The van der Waals surface area contributed by atoms with Crippen LogP contribution in [0, 0.1) is 0 Å². The number of aromatic nitrogens is 2. The molecule has 2 aliphatic rings. The summed E-state index contributed by atoms with van der Waals surface area (Å²) in [6.07, 6.45) is 5.35. The first-order valence-corrected chi connectivity index (χ1v) is 12.4. The number of hydrogen-bond acceptors (Lipinski definition) is 7. The zero-order valence-corrected chi connectivity index (χ0v) is 20.3. The Bertz CT molecular complexity index is 1330. The van der Waals surface area contributed by atoms with Gasteiger partial charge >= 0.3 is 0 Å². The van der Waals surface area contributed by atoms with Gasteiger partial charge in [0.2, 0.25) is 0 Å². The van der Waals surface area contributed by atoms with Crippen LogP contribution in [-0.2, 0) is 9.53 Å². The van der Waals surface area contributed by atoms with Gasteiger partial charge in [0.25, 0.3) is 11.5 Å². The van der Waals surface area contributed by atoms with E-state index >= 15 is 0 Å². The van der Waals surface area contributed by atoms with Crippen LogP contribution in [0.4, 0.5) is 5.82 Å². The number of benzene rings is 1. The molecule has 0 radical (unpaired) electrons. The first-order valence-electron chi connectivity index (χ1n) is 11.2. The number of carbonyl (C=O) groups is 1. The number of thioether (sulfide) groups is 1. The van der Waals surface area contributed by atoms with Crippen molar-refractivity contribution in [1.82, 2.24) is 14.3 Å². The fourth-order valence-corrected chi connectivity index (χ4v) is 5.61. The number of nitrogens with one attached hydrogen (secondary N) is 1. The van der Waals surface area contributed by atoms with Crippen molar-refractivity contribution in [3.8, 4) is 0 Å². The summed E-state index contributed by atoms with van der Waals surface area (Å²) < 4.78 is 7.66. The second-order valence-corrected chi connectivity index (χ2v) is 9.94. The zero-order valence-electron chi connectivity index (χ0n) is 18.6. The Labute approximate surface area is 206 Å². The van der Waals surface area contributed by atoms with Crippen LogP contribution in [0.1, 0.15) is 36.9 Å². The highest BCUT2D eigenvalue weighted by Crippen LogP contribution is 2.38. The number of fused-ring (bicyclic) bond motifs is 1. The number of anilines is 1. The number of amides is 1. The zero-order chi connectivity index (χ0) is 23.7. The maximum Gasteiger partial charge on any atom is 0.267 e. The van der Waals surface area contributed by atoms with Crippen LogP contribution >= 0.6 is 24.0 Å². The molecule has 0 spiro atoms. The van der Waals surface area contributed by atoms with Crippen LogP contribution in [-0.4, -0.2) is 43.8 Å². The van der Waals surface area contributed by atoms with Gasteiger partial charge in [-0.25, -0.2) is 4.98 Å². The SMILES string of the molecule is C[C@H](c1ccccc1)N1C(=O)/C(=C/c2c(NC[C@H]3CCCO3)nc3ccccn3c2=O)SC1=S. The van der Waals surface area contributed by atoms with E-state index in [4.69, 9.17) is 17.0 Å². The number of carbonyl (C=O) groups excluding carboxylic acids is 1. The smallest absolute Gasteiger partial charge is 0.267 e. The molecule has 9 heteroatoms. The Hall–Kier alpha value is -3.01. The summed E-state index contributed by atoms with van der Waals surface area (Å²) >= 11 is 6.76. The monoisotopic (exact) mass is 492 g/mol. The largest absolute Gasteiger partial charge is 0.376 e. The standard InChI is InChI=1S/C25H24N4O3S2/c1-16(17-8-3-2-4-9-17)29-24(31)20(34-25(29)33)14-19-22(26-15-18-10-7-13-32-18)27-21-11-5-6-12-28(21)23(19)30/h2-6,8-9,11-12,14,16,18,26H,7,10,13,15H2,1H3/b20-14-/t16-,18-/m1/s1. The Kier molecular flexibility index (Phi) is 6.49. The maximum absolute atomic E-state index is 13.4. The lowest BCUT2D eigenvalue weighted by Crippen LogP contribution is -2.31. The van der Waals surface area contributed by atoms with Crippen molar-refractivity contribution in [2.24, 2.45) is 0 Å². The van der Waals surface area contributed by atoms with Crippen LogP contribution in [0.25, 0.3) is 11.7 Å². The molecular weight excluding hydrogens is 468 g/mol. The fourth-order valence-electron chi connectivity index (χ4n) is 4.21. The molecule has 0 saturated carbocycles. The van der Waals surface area contributed by atoms with Gasteiger partial charge in [-0.15, -0.1) is 0 Å². The molecule has 1 N–H and O–H groups in total. The predicted octanol–water partition coefficient (Wildman–Crippen LogP) is 4.25. The molecule has 5 rings (SSSR count). The number of nitrogens with zero attached hydrogens (tertiary/aromatic N) is 3. The number of ether oxygens (including phenoxy) is 1. The normalized spacial score (nSPS) is 20.4. The summed E-state index contributed by atoms with van der Waals surface area (Å²) in [5.41, 5.74) is 1.60. The summed E-state index contributed by atoms with van der Waals surface area (Å²) in [5, 5.41) is 3.29. The van der Waals surface area contributed by atoms with Gasteiger partial charge in [-0.05, 0) is 43.5 Å². The quantitative estimate of drug-likeness (QED) is 0.407. The van der Waals surface area contributed by atoms with E-state index in [1.165, 1.54) is 16.2 Å². The minimum absolute atomic E-state index is 0.0776. The van der Waals surface area contributed by atoms with Crippen LogP contribution in [0.2, 0.25) is 0 Å². The second kappa shape index (κ2) is 9.69. The van der Waals surface area contributed by atoms with Crippen LogP contribution in [0.3, 0.4) is 0 Å². The van der Waals surface area contributed by atoms with Crippen LogP contribution < -0.4 is 10.9 Å². The van der Waals surface area contributed by atoms with Gasteiger partial charge < -0.3 is 10.1 Å². The highest BCUT2D eigenvalue weighted by molar-refractivity contribution is 8.26. The molecule has 2 aliphatic heterocycles. The van der Waals surface area contributed by atoms with Crippen molar-refractivity contribution in [3.63, 3.8) is 0 Å². The predicted molar refractivity (Wildman–Crippen MR) is 139 cm³/mol. The Morgan fingerprint density at radius 3 is 2.79 bits per heavy atom. The topological polar surface area (TPSA) is 75.9 Å². The molecule has 34 heavy (non-hydrogen) atoms. The fraction of sp³-hybridized carbons (Fsp3) is 0.280. The van der Waals surface area contributed by atoms with E-state index in [1.54, 1.807) is 29.3 Å². The lowest BCUT2D eigenvalue weighted by Gasteiger charge is -2.23. The van der Waals surface area contributed by atoms with Gasteiger partial charge in [-0.3, -0.25) is 18.9 Å². The lowest BCUT2D eigenvalue weighted by atomic mass is 10.1. The molecule has 2 saturated heterocycles. The average molecular weight is 493 g/mol. The third-order valence-corrected chi connectivity index (χ3v) is 7.39. The number of hydrogen-bond donors (Lipinski definition) is 1. The molecule has 7 nitrogen and oxygen atoms in total. The molecule has 2 fully saturated rings. The minimum Gasteiger partial charge on any atom is -0.376 e. The van der Waals surface area contributed by atoms with E-state index in [0.717, 1.165) is 25.0 Å². The van der Waals surface area contributed by atoms with Crippen LogP contribution in [0.5, 0.6) is 0 Å². The Morgan fingerprint density at radius 1 is 1.24 bits per heavy atom. The molecule has 174 valence electrons. The highest BCUT2D eigenvalue weighted by atomic mass is 32.2. The van der Waals surface area contributed by atoms with Gasteiger partial charge in [0.15, 0.2) is 0 Å². The second-order valence-electron chi connectivity index (χ2n) is 8.26. The van der Waals surface area contributed by atoms with Crippen LogP contribution in [0.15, 0.2) is 64.4 Å². The van der Waals surface area contributed by atoms with Crippen molar-refractivity contribution in [2.45, 2.75) is 31.9 Å². The van der Waals surface area contributed by atoms with Crippen molar-refractivity contribution in [2.75, 3.05) is 18.5 Å². The van der Waals surface area contributed by atoms with E-state index in [9.17, 15) is 9.59 Å². The lowest BCUT2D eigenvalue weighted by molar-refractivity contribution is -0.123. The van der Waals surface area contributed by atoms with Crippen molar-refractivity contribution in [3.05, 3.63) is 81.1 Å². The Morgan fingerprint density at radius 2 is 2.03 bits per heavy atom. The maximum atomic E-state index is 13.4. The van der Waals surface area contributed by atoms with E-state index in [2.05, 4.69) is 10.3 Å². The number of thiocarbonyl (C=S) groups is 1.